The highest BCUT2D eigenvalue weighted by molar-refractivity contribution is 5.94. The zero-order valence-electron chi connectivity index (χ0n) is 32.2. The summed E-state index contributed by atoms with van der Waals surface area (Å²) in [6, 6.07) is 49.1. The second-order valence-electron chi connectivity index (χ2n) is 13.7. The van der Waals surface area contributed by atoms with E-state index in [1.54, 1.807) is 146 Å². The van der Waals surface area contributed by atoms with Gasteiger partial charge in [0.25, 0.3) is 0 Å². The highest BCUT2D eigenvalue weighted by Crippen LogP contribution is 2.44. The average Bonchev–Trinajstić information content (AvgIpc) is 3.30. The number of esters is 5. The Morgan fingerprint density at radius 3 is 1.26 bits per heavy atom. The lowest BCUT2D eigenvalue weighted by Crippen LogP contribution is -2.35. The van der Waals surface area contributed by atoms with Crippen LogP contribution in [0.5, 0.6) is 28.7 Å². The van der Waals surface area contributed by atoms with Crippen LogP contribution in [0.2, 0.25) is 0 Å². The molecule has 0 bridgehead atoms. The minimum atomic E-state index is -1.01. The van der Waals surface area contributed by atoms with Crippen molar-refractivity contribution in [3.8, 4) is 28.7 Å². The van der Waals surface area contributed by atoms with Crippen molar-refractivity contribution in [1.82, 2.24) is 0 Å². The van der Waals surface area contributed by atoms with Crippen molar-refractivity contribution in [2.45, 2.75) is 18.6 Å². The molecule has 8 rings (SSSR count). The fourth-order valence-corrected chi connectivity index (χ4v) is 6.50. The van der Waals surface area contributed by atoms with Gasteiger partial charge < -0.3 is 28.4 Å². The van der Waals surface area contributed by atoms with Gasteiger partial charge in [-0.25, -0.2) is 24.0 Å². The van der Waals surface area contributed by atoms with Crippen molar-refractivity contribution in [1.29, 1.82) is 0 Å². The number of hydrogen-bond acceptors (Lipinski definition) is 11. The standard InChI is InChI=1S/C50H34O11/c51-46(33-13-5-1-6-14-33)56-38-25-21-32(22-26-38)45-44(61-50(55)37-23-27-39(28-24-37)57-47(52)34-15-7-2-8-16-34)31-41-42(59-45)29-40(58-48(53)35-17-9-3-10-18-35)30-43(41)60-49(54)36-19-11-4-12-20-36/h1-30,44-45H,31H2. The molecule has 0 aromatic heterocycles. The summed E-state index contributed by atoms with van der Waals surface area (Å²) >= 11 is 0. The second-order valence-corrected chi connectivity index (χ2v) is 13.7. The molecule has 0 amide bonds. The quantitative estimate of drug-likeness (QED) is 0.0911. The van der Waals surface area contributed by atoms with E-state index in [1.807, 2.05) is 0 Å². The van der Waals surface area contributed by atoms with Gasteiger partial charge in [-0.2, -0.15) is 0 Å². The lowest BCUT2D eigenvalue weighted by molar-refractivity contribution is -0.0189. The Morgan fingerprint density at radius 1 is 0.410 bits per heavy atom. The van der Waals surface area contributed by atoms with Crippen molar-refractivity contribution >= 4 is 29.8 Å². The van der Waals surface area contributed by atoms with Gasteiger partial charge in [0.05, 0.1) is 27.8 Å². The predicted molar refractivity (Wildman–Crippen MR) is 221 cm³/mol. The van der Waals surface area contributed by atoms with E-state index in [4.69, 9.17) is 28.4 Å². The van der Waals surface area contributed by atoms with Crippen LogP contribution in [0.15, 0.2) is 182 Å². The van der Waals surface area contributed by atoms with Gasteiger partial charge in [-0.05, 0) is 90.5 Å². The third-order valence-corrected chi connectivity index (χ3v) is 9.57. The van der Waals surface area contributed by atoms with Crippen LogP contribution in [0.4, 0.5) is 0 Å². The summed E-state index contributed by atoms with van der Waals surface area (Å²) < 4.78 is 35.5. The average molecular weight is 811 g/mol. The van der Waals surface area contributed by atoms with Crippen molar-refractivity contribution in [2.24, 2.45) is 0 Å². The third kappa shape index (κ3) is 9.54. The third-order valence-electron chi connectivity index (χ3n) is 9.57. The molecule has 1 heterocycles. The highest BCUT2D eigenvalue weighted by Gasteiger charge is 2.37. The molecule has 0 saturated carbocycles. The molecule has 7 aromatic carbocycles. The zero-order chi connectivity index (χ0) is 42.1. The van der Waals surface area contributed by atoms with E-state index in [9.17, 15) is 24.0 Å². The largest absolute Gasteiger partial charge is 0.481 e. The van der Waals surface area contributed by atoms with E-state index < -0.39 is 42.1 Å². The SMILES string of the molecule is O=C(Oc1ccc(C(=O)OC2Cc3c(OC(=O)c4ccccc4)cc(OC(=O)c4ccccc4)cc3OC2c2ccc(OC(=O)c3ccccc3)cc2)cc1)c1ccccc1. The van der Waals surface area contributed by atoms with Crippen LogP contribution in [0.1, 0.15) is 69.0 Å². The molecule has 0 N–H and O–H groups in total. The zero-order valence-corrected chi connectivity index (χ0v) is 32.2. The molecule has 11 heteroatoms. The first-order valence-corrected chi connectivity index (χ1v) is 19.1. The summed E-state index contributed by atoms with van der Waals surface area (Å²) in [5.74, 6) is -2.40. The van der Waals surface area contributed by atoms with E-state index >= 15 is 0 Å². The number of hydrogen-bond donors (Lipinski definition) is 0. The molecular formula is C50H34O11. The molecule has 0 spiro atoms. The maximum Gasteiger partial charge on any atom is 0.343 e. The number of carbonyl (C=O) groups excluding carboxylic acids is 5. The minimum absolute atomic E-state index is 0.00638. The topological polar surface area (TPSA) is 141 Å². The summed E-state index contributed by atoms with van der Waals surface area (Å²) in [4.78, 5) is 65.8. The van der Waals surface area contributed by atoms with Gasteiger partial charge in [0.2, 0.25) is 0 Å². The highest BCUT2D eigenvalue weighted by atomic mass is 16.6. The van der Waals surface area contributed by atoms with E-state index in [-0.39, 0.29) is 46.3 Å². The molecular weight excluding hydrogens is 777 g/mol. The monoisotopic (exact) mass is 810 g/mol. The molecule has 7 aromatic rings. The minimum Gasteiger partial charge on any atom is -0.481 e. The van der Waals surface area contributed by atoms with Crippen molar-refractivity contribution < 1.29 is 52.4 Å². The fraction of sp³-hybridized carbons (Fsp3) is 0.0600. The molecule has 300 valence electrons. The van der Waals surface area contributed by atoms with E-state index in [2.05, 4.69) is 0 Å². The van der Waals surface area contributed by atoms with Crippen LogP contribution in [0.25, 0.3) is 0 Å². The summed E-state index contributed by atoms with van der Waals surface area (Å²) in [5.41, 5.74) is 2.38. The van der Waals surface area contributed by atoms with Crippen LogP contribution >= 0.6 is 0 Å². The van der Waals surface area contributed by atoms with Crippen molar-refractivity contribution in [3.63, 3.8) is 0 Å². The molecule has 2 unspecified atom stereocenters. The first kappa shape index (κ1) is 39.5. The van der Waals surface area contributed by atoms with Gasteiger partial charge in [0, 0.05) is 24.1 Å². The second kappa shape index (κ2) is 18.1. The van der Waals surface area contributed by atoms with Crippen molar-refractivity contribution in [3.05, 3.63) is 221 Å². The number of benzene rings is 7. The summed E-state index contributed by atoms with van der Waals surface area (Å²) in [6.45, 7) is 0. The maximum absolute atomic E-state index is 13.8. The Labute approximate surface area is 349 Å². The Morgan fingerprint density at radius 2 is 0.803 bits per heavy atom. The van der Waals surface area contributed by atoms with Crippen molar-refractivity contribution in [2.75, 3.05) is 0 Å². The Kier molecular flexibility index (Phi) is 11.7. The first-order valence-electron chi connectivity index (χ1n) is 19.1. The maximum atomic E-state index is 13.8. The van der Waals surface area contributed by atoms with E-state index in [0.717, 1.165) is 0 Å². The molecule has 11 nitrogen and oxygen atoms in total. The predicted octanol–water partition coefficient (Wildman–Crippen LogP) is 9.47. The number of ether oxygens (including phenoxy) is 6. The lowest BCUT2D eigenvalue weighted by atomic mass is 9.93. The fourth-order valence-electron chi connectivity index (χ4n) is 6.50. The number of carbonyl (C=O) groups is 5. The molecule has 2 atom stereocenters. The molecule has 0 fully saturated rings. The molecule has 1 aliphatic rings. The van der Waals surface area contributed by atoms with Gasteiger partial charge >= 0.3 is 29.8 Å². The summed E-state index contributed by atoms with van der Waals surface area (Å²) in [7, 11) is 0. The molecule has 61 heavy (non-hydrogen) atoms. The van der Waals surface area contributed by atoms with Gasteiger partial charge in [-0.3, -0.25) is 0 Å². The van der Waals surface area contributed by atoms with E-state index in [1.165, 1.54) is 36.4 Å². The van der Waals surface area contributed by atoms with Gasteiger partial charge in [0.1, 0.15) is 34.9 Å². The first-order chi connectivity index (χ1) is 29.8. The van der Waals surface area contributed by atoms with Gasteiger partial charge in [0.15, 0.2) is 6.10 Å². The normalized spacial score (nSPS) is 14.0. The molecule has 0 radical (unpaired) electrons. The number of rotatable bonds is 11. The van der Waals surface area contributed by atoms with Crippen LogP contribution in [0, 0.1) is 0 Å². The van der Waals surface area contributed by atoms with Gasteiger partial charge in [-0.1, -0.05) is 84.9 Å². The summed E-state index contributed by atoms with van der Waals surface area (Å²) in [5, 5.41) is 0. The smallest absolute Gasteiger partial charge is 0.343 e. The molecule has 1 aliphatic heterocycles. The lowest BCUT2D eigenvalue weighted by Gasteiger charge is -2.34. The number of fused-ring (bicyclic) bond motifs is 1. The van der Waals surface area contributed by atoms with Crippen LogP contribution in [-0.2, 0) is 11.2 Å². The molecule has 0 saturated heterocycles. The molecule has 0 aliphatic carbocycles. The summed E-state index contributed by atoms with van der Waals surface area (Å²) in [6.07, 6.45) is -1.98. The van der Waals surface area contributed by atoms with Gasteiger partial charge in [-0.15, -0.1) is 0 Å². The Hall–Kier alpha value is -8.31. The van der Waals surface area contributed by atoms with Crippen LogP contribution < -0.4 is 23.7 Å². The van der Waals surface area contributed by atoms with Crippen LogP contribution in [0.3, 0.4) is 0 Å². The van der Waals surface area contributed by atoms with Crippen LogP contribution in [-0.4, -0.2) is 36.0 Å². The Balaban J connectivity index is 1.11. The van der Waals surface area contributed by atoms with E-state index in [0.29, 0.717) is 27.8 Å². The Bertz CT molecular complexity index is 2680.